The molecule has 1 atom stereocenters. The summed E-state index contributed by atoms with van der Waals surface area (Å²) in [7, 11) is 1.54. The molecule has 2 amide bonds. The number of alkyl halides is 2. The molecule has 26 heavy (non-hydrogen) atoms. The molecule has 3 N–H and O–H groups in total. The number of aromatic amines is 1. The standard InChI is InChI=1S/C17H17F2N5O2/c1-26-9-13(10-5-3-2-4-6-10)21-17(25)22-14-7-12-11(8-20-14)15(16(18)19)24-23-12/h2-8,13,16H,9H2,1H3,(H,23,24)(H2,20,21,22,25)/t13-/m1/s1. The van der Waals surface area contributed by atoms with E-state index < -0.39 is 12.5 Å². The Labute approximate surface area is 147 Å². The van der Waals surface area contributed by atoms with Crippen molar-refractivity contribution in [1.82, 2.24) is 20.5 Å². The molecule has 2 aromatic heterocycles. The van der Waals surface area contributed by atoms with Crippen molar-refractivity contribution in [3.63, 3.8) is 0 Å². The van der Waals surface area contributed by atoms with Gasteiger partial charge in [-0.15, -0.1) is 0 Å². The van der Waals surface area contributed by atoms with Gasteiger partial charge in [-0.25, -0.2) is 18.6 Å². The lowest BCUT2D eigenvalue weighted by atomic mass is 10.1. The van der Waals surface area contributed by atoms with Crippen LogP contribution in [0, 0.1) is 0 Å². The first-order chi connectivity index (χ1) is 12.6. The minimum absolute atomic E-state index is 0.201. The highest BCUT2D eigenvalue weighted by molar-refractivity contribution is 5.91. The maximum absolute atomic E-state index is 12.8. The molecule has 136 valence electrons. The molecular formula is C17H17F2N5O2. The summed E-state index contributed by atoms with van der Waals surface area (Å²) < 4.78 is 30.8. The number of urea groups is 1. The van der Waals surface area contributed by atoms with Crippen LogP contribution in [0.5, 0.6) is 0 Å². The number of H-pyrrole nitrogens is 1. The fourth-order valence-corrected chi connectivity index (χ4v) is 2.54. The number of nitrogens with zero attached hydrogens (tertiary/aromatic N) is 2. The van der Waals surface area contributed by atoms with Gasteiger partial charge in [0, 0.05) is 24.8 Å². The molecule has 7 nitrogen and oxygen atoms in total. The summed E-state index contributed by atoms with van der Waals surface area (Å²) in [5.41, 5.74) is 0.886. The number of carbonyl (C=O) groups excluding carboxylic acids is 1. The van der Waals surface area contributed by atoms with E-state index in [1.54, 1.807) is 7.11 Å². The van der Waals surface area contributed by atoms with Crippen LogP contribution in [-0.4, -0.2) is 34.9 Å². The minimum Gasteiger partial charge on any atom is -0.382 e. The van der Waals surface area contributed by atoms with Crippen molar-refractivity contribution in [2.45, 2.75) is 12.5 Å². The number of hydrogen-bond donors (Lipinski definition) is 3. The Morgan fingerprint density at radius 3 is 2.77 bits per heavy atom. The molecule has 0 aliphatic carbocycles. The largest absolute Gasteiger partial charge is 0.382 e. The minimum atomic E-state index is -2.68. The van der Waals surface area contributed by atoms with E-state index in [-0.39, 0.29) is 22.9 Å². The predicted molar refractivity (Wildman–Crippen MR) is 92.1 cm³/mol. The number of carbonyl (C=O) groups is 1. The smallest absolute Gasteiger partial charge is 0.320 e. The third kappa shape index (κ3) is 3.94. The Kier molecular flexibility index (Phi) is 5.37. The van der Waals surface area contributed by atoms with E-state index in [0.717, 1.165) is 5.56 Å². The van der Waals surface area contributed by atoms with Crippen LogP contribution in [0.2, 0.25) is 0 Å². The van der Waals surface area contributed by atoms with Crippen LogP contribution in [0.3, 0.4) is 0 Å². The Morgan fingerprint density at radius 2 is 2.08 bits per heavy atom. The van der Waals surface area contributed by atoms with Gasteiger partial charge >= 0.3 is 6.03 Å². The van der Waals surface area contributed by atoms with E-state index in [2.05, 4.69) is 25.8 Å². The van der Waals surface area contributed by atoms with Crippen LogP contribution in [0.15, 0.2) is 42.6 Å². The van der Waals surface area contributed by atoms with E-state index in [4.69, 9.17) is 4.74 Å². The van der Waals surface area contributed by atoms with Gasteiger partial charge in [0.1, 0.15) is 11.5 Å². The third-order valence-corrected chi connectivity index (χ3v) is 3.77. The number of rotatable bonds is 6. The van der Waals surface area contributed by atoms with Gasteiger partial charge in [-0.3, -0.25) is 10.4 Å². The number of hydrogen-bond acceptors (Lipinski definition) is 4. The maximum Gasteiger partial charge on any atom is 0.320 e. The number of ether oxygens (including phenoxy) is 1. The van der Waals surface area contributed by atoms with E-state index in [1.807, 2.05) is 30.3 Å². The summed E-state index contributed by atoms with van der Waals surface area (Å²) in [5.74, 6) is 0.201. The van der Waals surface area contributed by atoms with Crippen LogP contribution in [0.1, 0.15) is 23.7 Å². The molecule has 3 rings (SSSR count). The number of methoxy groups -OCH3 is 1. The molecule has 0 aliphatic rings. The Hall–Kier alpha value is -3.07. The Morgan fingerprint density at radius 1 is 1.31 bits per heavy atom. The van der Waals surface area contributed by atoms with E-state index in [1.165, 1.54) is 12.3 Å². The number of fused-ring (bicyclic) bond motifs is 1. The molecule has 0 spiro atoms. The van der Waals surface area contributed by atoms with Crippen molar-refractivity contribution in [1.29, 1.82) is 0 Å². The highest BCUT2D eigenvalue weighted by Crippen LogP contribution is 2.25. The van der Waals surface area contributed by atoms with Gasteiger partial charge in [-0.2, -0.15) is 5.10 Å². The second-order valence-electron chi connectivity index (χ2n) is 5.54. The van der Waals surface area contributed by atoms with Crippen molar-refractivity contribution in [2.24, 2.45) is 0 Å². The van der Waals surface area contributed by atoms with Crippen LogP contribution < -0.4 is 10.6 Å². The van der Waals surface area contributed by atoms with Gasteiger partial charge in [0.15, 0.2) is 0 Å². The fraction of sp³-hybridized carbons (Fsp3) is 0.235. The van der Waals surface area contributed by atoms with Crippen LogP contribution >= 0.6 is 0 Å². The SMILES string of the molecule is COC[C@@H](NC(=O)Nc1cc2n[nH]c(C(F)F)c2cn1)c1ccccc1. The molecular weight excluding hydrogens is 344 g/mol. The number of nitrogens with one attached hydrogen (secondary N) is 3. The van der Waals surface area contributed by atoms with Gasteiger partial charge in [0.2, 0.25) is 0 Å². The van der Waals surface area contributed by atoms with E-state index in [9.17, 15) is 13.6 Å². The molecule has 2 heterocycles. The average molecular weight is 361 g/mol. The van der Waals surface area contributed by atoms with Crippen molar-refractivity contribution in [3.05, 3.63) is 53.9 Å². The molecule has 0 radical (unpaired) electrons. The average Bonchev–Trinajstić information content (AvgIpc) is 3.05. The van der Waals surface area contributed by atoms with Crippen molar-refractivity contribution < 1.29 is 18.3 Å². The first-order valence-corrected chi connectivity index (χ1v) is 7.82. The quantitative estimate of drug-likeness (QED) is 0.627. The van der Waals surface area contributed by atoms with Gasteiger partial charge in [-0.05, 0) is 5.56 Å². The predicted octanol–water partition coefficient (Wildman–Crippen LogP) is 3.40. The number of pyridine rings is 1. The van der Waals surface area contributed by atoms with Crippen LogP contribution in [0.25, 0.3) is 10.9 Å². The summed E-state index contributed by atoms with van der Waals surface area (Å²) in [5, 5.41) is 11.7. The highest BCUT2D eigenvalue weighted by atomic mass is 19.3. The highest BCUT2D eigenvalue weighted by Gasteiger charge is 2.17. The van der Waals surface area contributed by atoms with Gasteiger partial charge in [0.05, 0.1) is 18.2 Å². The normalized spacial score (nSPS) is 12.3. The third-order valence-electron chi connectivity index (χ3n) is 3.77. The molecule has 3 aromatic rings. The zero-order valence-corrected chi connectivity index (χ0v) is 13.9. The molecule has 0 aliphatic heterocycles. The number of anilines is 1. The number of benzene rings is 1. The van der Waals surface area contributed by atoms with Crippen LogP contribution in [-0.2, 0) is 4.74 Å². The second kappa shape index (κ2) is 7.87. The Bertz CT molecular complexity index is 885. The van der Waals surface area contributed by atoms with Crippen molar-refractivity contribution in [3.8, 4) is 0 Å². The number of aromatic nitrogens is 3. The van der Waals surface area contributed by atoms with Gasteiger partial charge in [-0.1, -0.05) is 30.3 Å². The number of halogens is 2. The number of amides is 2. The monoisotopic (exact) mass is 361 g/mol. The van der Waals surface area contributed by atoms with Crippen molar-refractivity contribution >= 4 is 22.8 Å². The van der Waals surface area contributed by atoms with E-state index >= 15 is 0 Å². The molecule has 0 bridgehead atoms. The molecule has 0 saturated heterocycles. The first-order valence-electron chi connectivity index (χ1n) is 7.82. The molecule has 0 saturated carbocycles. The van der Waals surface area contributed by atoms with E-state index in [0.29, 0.717) is 12.1 Å². The summed E-state index contributed by atoms with van der Waals surface area (Å²) >= 11 is 0. The van der Waals surface area contributed by atoms with Crippen LogP contribution in [0.4, 0.5) is 19.4 Å². The summed E-state index contributed by atoms with van der Waals surface area (Å²) in [6.07, 6.45) is -1.43. The molecule has 9 heteroatoms. The summed E-state index contributed by atoms with van der Waals surface area (Å²) in [6, 6.07) is 9.95. The fourth-order valence-electron chi connectivity index (χ4n) is 2.54. The lowest BCUT2D eigenvalue weighted by Gasteiger charge is -2.18. The topological polar surface area (TPSA) is 91.9 Å². The first kappa shape index (κ1) is 17.7. The summed E-state index contributed by atoms with van der Waals surface area (Å²) in [6.45, 7) is 0.293. The van der Waals surface area contributed by atoms with Crippen molar-refractivity contribution in [2.75, 3.05) is 19.0 Å². The van der Waals surface area contributed by atoms with Gasteiger partial charge < -0.3 is 10.1 Å². The lowest BCUT2D eigenvalue weighted by molar-refractivity contribution is 0.147. The van der Waals surface area contributed by atoms with Gasteiger partial charge in [0.25, 0.3) is 6.43 Å². The Balaban J connectivity index is 1.71. The maximum atomic E-state index is 12.8. The zero-order valence-electron chi connectivity index (χ0n) is 13.9. The summed E-state index contributed by atoms with van der Waals surface area (Å²) in [4.78, 5) is 16.2. The second-order valence-corrected chi connectivity index (χ2v) is 5.54. The zero-order chi connectivity index (χ0) is 18.5. The molecule has 1 aromatic carbocycles. The molecule has 0 unspecified atom stereocenters. The lowest BCUT2D eigenvalue weighted by Crippen LogP contribution is -2.35. The molecule has 0 fully saturated rings.